The van der Waals surface area contributed by atoms with Crippen LogP contribution in [0.1, 0.15) is 11.4 Å². The Labute approximate surface area is 329 Å². The molecule has 274 valence electrons. The SMILES string of the molecule is O=P(c1ccccc1)(c1ccccc1)c1ccc(-c2ccc(-c3ccc(Cc4nc(-c5ccc(F)cc5)nc(-c5ccc(F)cc5)n4)cc3)c3ccccc23)cc1. The van der Waals surface area contributed by atoms with Gasteiger partial charge in [0.2, 0.25) is 0 Å². The van der Waals surface area contributed by atoms with Crippen molar-refractivity contribution in [3.05, 3.63) is 217 Å². The van der Waals surface area contributed by atoms with Gasteiger partial charge >= 0.3 is 0 Å². The molecule has 0 aliphatic rings. The Balaban J connectivity index is 1.02. The predicted octanol–water partition coefficient (Wildman–Crippen LogP) is 11.2. The van der Waals surface area contributed by atoms with Crippen molar-refractivity contribution >= 4 is 33.8 Å². The summed E-state index contributed by atoms with van der Waals surface area (Å²) < 4.78 is 42.4. The van der Waals surface area contributed by atoms with Crippen LogP contribution >= 0.6 is 7.14 Å². The zero-order chi connectivity index (χ0) is 38.8. The molecule has 9 aromatic rings. The fourth-order valence-corrected chi connectivity index (χ4v) is 9.96. The van der Waals surface area contributed by atoms with Gasteiger partial charge < -0.3 is 4.57 Å². The van der Waals surface area contributed by atoms with E-state index in [0.717, 1.165) is 54.5 Å². The zero-order valence-corrected chi connectivity index (χ0v) is 31.5. The lowest BCUT2D eigenvalue weighted by molar-refractivity contribution is 0.592. The first-order valence-corrected chi connectivity index (χ1v) is 20.3. The summed E-state index contributed by atoms with van der Waals surface area (Å²) in [5.74, 6) is 0.677. The first kappa shape index (κ1) is 35.8. The smallest absolute Gasteiger partial charge is 0.171 e. The molecule has 0 spiro atoms. The minimum Gasteiger partial charge on any atom is -0.309 e. The summed E-state index contributed by atoms with van der Waals surface area (Å²) in [5, 5.41) is 4.65. The Morgan fingerprint density at radius 2 is 0.772 bits per heavy atom. The molecule has 9 rings (SSSR count). The third kappa shape index (κ3) is 7.19. The molecule has 7 heteroatoms. The van der Waals surface area contributed by atoms with Gasteiger partial charge in [0.05, 0.1) is 0 Å². The summed E-state index contributed by atoms with van der Waals surface area (Å²) in [7, 11) is -3.08. The second kappa shape index (κ2) is 15.3. The fourth-order valence-electron chi connectivity index (χ4n) is 7.32. The predicted molar refractivity (Wildman–Crippen MR) is 228 cm³/mol. The van der Waals surface area contributed by atoms with E-state index >= 15 is 0 Å². The Kier molecular flexibility index (Phi) is 9.63. The molecule has 0 bridgehead atoms. The molecule has 0 atom stereocenters. The van der Waals surface area contributed by atoms with Crippen LogP contribution in [-0.4, -0.2) is 15.0 Å². The van der Waals surface area contributed by atoms with Crippen molar-refractivity contribution in [2.75, 3.05) is 0 Å². The maximum Gasteiger partial charge on any atom is 0.171 e. The third-order valence-electron chi connectivity index (χ3n) is 10.2. The number of rotatable bonds is 9. The topological polar surface area (TPSA) is 55.7 Å². The van der Waals surface area contributed by atoms with Crippen LogP contribution < -0.4 is 15.9 Å². The summed E-state index contributed by atoms with van der Waals surface area (Å²) in [4.78, 5) is 14.1. The lowest BCUT2D eigenvalue weighted by Gasteiger charge is -2.20. The van der Waals surface area contributed by atoms with Gasteiger partial charge in [-0.25, -0.2) is 23.7 Å². The number of nitrogens with zero attached hydrogens (tertiary/aromatic N) is 3. The lowest BCUT2D eigenvalue weighted by atomic mass is 9.92. The first-order valence-electron chi connectivity index (χ1n) is 18.6. The second-order valence-electron chi connectivity index (χ2n) is 13.8. The molecule has 0 amide bonds. The van der Waals surface area contributed by atoms with Crippen molar-refractivity contribution in [3.8, 4) is 45.0 Å². The molecule has 0 radical (unpaired) electrons. The Bertz CT molecular complexity index is 2780. The van der Waals surface area contributed by atoms with Crippen LogP contribution in [0.4, 0.5) is 8.78 Å². The average molecular weight is 762 g/mol. The van der Waals surface area contributed by atoms with Gasteiger partial charge in [0.15, 0.2) is 18.8 Å². The van der Waals surface area contributed by atoms with Gasteiger partial charge in [-0.2, -0.15) is 0 Å². The van der Waals surface area contributed by atoms with Crippen LogP contribution in [0, 0.1) is 11.6 Å². The highest BCUT2D eigenvalue weighted by Gasteiger charge is 2.29. The average Bonchev–Trinajstić information content (AvgIpc) is 3.27. The van der Waals surface area contributed by atoms with Crippen molar-refractivity contribution < 1.29 is 13.3 Å². The molecule has 0 N–H and O–H groups in total. The van der Waals surface area contributed by atoms with E-state index in [1.54, 1.807) is 24.3 Å². The minimum absolute atomic E-state index is 0.348. The Morgan fingerprint density at radius 3 is 1.23 bits per heavy atom. The van der Waals surface area contributed by atoms with Crippen molar-refractivity contribution in [1.82, 2.24) is 15.0 Å². The summed E-state index contributed by atoms with van der Waals surface area (Å²) >= 11 is 0. The highest BCUT2D eigenvalue weighted by molar-refractivity contribution is 7.85. The molecule has 1 aromatic heterocycles. The van der Waals surface area contributed by atoms with Gasteiger partial charge in [0.1, 0.15) is 17.5 Å². The second-order valence-corrected chi connectivity index (χ2v) is 16.6. The number of aromatic nitrogens is 3. The van der Waals surface area contributed by atoms with Gasteiger partial charge in [-0.05, 0) is 87.1 Å². The summed E-state index contributed by atoms with van der Waals surface area (Å²) in [6.45, 7) is 0. The van der Waals surface area contributed by atoms with Crippen molar-refractivity contribution in [2.24, 2.45) is 0 Å². The summed E-state index contributed by atoms with van der Waals surface area (Å²) in [6, 6.07) is 60.8. The van der Waals surface area contributed by atoms with Crippen LogP contribution in [0.2, 0.25) is 0 Å². The first-order chi connectivity index (χ1) is 27.9. The Morgan fingerprint density at radius 1 is 0.386 bits per heavy atom. The van der Waals surface area contributed by atoms with E-state index in [1.807, 2.05) is 72.8 Å². The molecular formula is C50H34F2N3OP. The number of hydrogen-bond acceptors (Lipinski definition) is 4. The van der Waals surface area contributed by atoms with E-state index in [-0.39, 0.29) is 11.6 Å². The number of halogens is 2. The summed E-state index contributed by atoms with van der Waals surface area (Å²) in [5.41, 5.74) is 6.63. The number of hydrogen-bond donors (Lipinski definition) is 0. The maximum atomic E-state index is 14.9. The molecule has 0 aliphatic heterocycles. The van der Waals surface area contributed by atoms with Crippen LogP contribution in [0.25, 0.3) is 55.8 Å². The minimum atomic E-state index is -3.08. The van der Waals surface area contributed by atoms with E-state index in [2.05, 4.69) is 77.8 Å². The van der Waals surface area contributed by atoms with Crippen LogP contribution in [-0.2, 0) is 11.0 Å². The van der Waals surface area contributed by atoms with Crippen molar-refractivity contribution in [1.29, 1.82) is 0 Å². The standard InChI is InChI=1S/C50H34F2N3OP/c51-39-25-19-37(20-26-39)49-53-48(54-50(55-49)38-21-27-40(52)28-22-38)33-34-15-17-35(18-16-34)44-31-32-45(47-14-8-7-13-46(44)47)36-23-29-43(30-24-36)57(56,41-9-3-1-4-10-41)42-11-5-2-6-12-42/h1-32H,33H2. The molecule has 0 saturated heterocycles. The Hall–Kier alpha value is -6.88. The molecule has 0 unspecified atom stereocenters. The largest absolute Gasteiger partial charge is 0.309 e. The normalized spacial score (nSPS) is 11.5. The molecule has 8 aromatic carbocycles. The van der Waals surface area contributed by atoms with Gasteiger partial charge in [-0.1, -0.05) is 146 Å². The zero-order valence-electron chi connectivity index (χ0n) is 30.6. The molecule has 57 heavy (non-hydrogen) atoms. The molecule has 0 saturated carbocycles. The number of fused-ring (bicyclic) bond motifs is 1. The van der Waals surface area contributed by atoms with Gasteiger partial charge in [0, 0.05) is 33.5 Å². The lowest BCUT2D eigenvalue weighted by Crippen LogP contribution is -2.24. The quantitative estimate of drug-likeness (QED) is 0.137. The van der Waals surface area contributed by atoms with Gasteiger partial charge in [0.25, 0.3) is 0 Å². The third-order valence-corrected chi connectivity index (χ3v) is 13.3. The van der Waals surface area contributed by atoms with E-state index in [1.165, 1.54) is 24.3 Å². The number of benzene rings is 8. The van der Waals surface area contributed by atoms with Crippen molar-refractivity contribution in [3.63, 3.8) is 0 Å². The van der Waals surface area contributed by atoms with Gasteiger partial charge in [-0.3, -0.25) is 0 Å². The van der Waals surface area contributed by atoms with E-state index in [9.17, 15) is 13.3 Å². The molecule has 0 fully saturated rings. The van der Waals surface area contributed by atoms with Crippen LogP contribution in [0.15, 0.2) is 194 Å². The van der Waals surface area contributed by atoms with E-state index in [4.69, 9.17) is 9.97 Å². The molecule has 0 aliphatic carbocycles. The summed E-state index contributed by atoms with van der Waals surface area (Å²) in [6.07, 6.45) is 0.433. The maximum absolute atomic E-state index is 14.9. The van der Waals surface area contributed by atoms with Gasteiger partial charge in [-0.15, -0.1) is 0 Å². The van der Waals surface area contributed by atoms with E-state index in [0.29, 0.717) is 35.0 Å². The fraction of sp³-hybridized carbons (Fsp3) is 0.0200. The van der Waals surface area contributed by atoms with Crippen molar-refractivity contribution in [2.45, 2.75) is 6.42 Å². The van der Waals surface area contributed by atoms with Crippen LogP contribution in [0.5, 0.6) is 0 Å². The van der Waals surface area contributed by atoms with E-state index < -0.39 is 7.14 Å². The highest BCUT2D eigenvalue weighted by Crippen LogP contribution is 2.43. The monoisotopic (exact) mass is 761 g/mol. The molecular weight excluding hydrogens is 728 g/mol. The highest BCUT2D eigenvalue weighted by atomic mass is 31.2. The van der Waals surface area contributed by atoms with Crippen LogP contribution in [0.3, 0.4) is 0 Å². The molecule has 4 nitrogen and oxygen atoms in total. The molecule has 1 heterocycles.